The third-order valence-corrected chi connectivity index (χ3v) is 6.49. The van der Waals surface area contributed by atoms with Crippen molar-refractivity contribution in [3.05, 3.63) is 17.0 Å². The van der Waals surface area contributed by atoms with E-state index in [4.69, 9.17) is 0 Å². The Morgan fingerprint density at radius 3 is 2.58 bits per heavy atom. The number of thiophene rings is 1. The molecule has 0 unspecified atom stereocenters. The average Bonchev–Trinajstić information content (AvgIpc) is 2.76. The molecule has 0 aromatic carbocycles. The van der Waals surface area contributed by atoms with Crippen molar-refractivity contribution < 1.29 is 21.6 Å². The van der Waals surface area contributed by atoms with Crippen molar-refractivity contribution >= 4 is 21.4 Å². The fraction of sp³-hybridized carbons (Fsp3) is 0.636. The van der Waals surface area contributed by atoms with Crippen LogP contribution in [0.15, 0.2) is 16.3 Å². The maximum absolute atomic E-state index is 12.7. The summed E-state index contributed by atoms with van der Waals surface area (Å²) in [6, 6.07) is 3.11. The monoisotopic (exact) mass is 313 g/mol. The minimum Gasteiger partial charge on any atom is -0.206 e. The zero-order valence-electron chi connectivity index (χ0n) is 10.3. The van der Waals surface area contributed by atoms with Crippen molar-refractivity contribution in [1.29, 1.82) is 0 Å². The van der Waals surface area contributed by atoms with E-state index in [1.165, 1.54) is 6.07 Å². The number of hydrogen-bond acceptors (Lipinski definition) is 3. The third-order valence-electron chi connectivity index (χ3n) is 3.16. The number of nitrogens with zero attached hydrogens (tertiary/aromatic N) is 1. The first-order valence-electron chi connectivity index (χ1n) is 5.84. The predicted octanol–water partition coefficient (Wildman–Crippen LogP) is 3.02. The van der Waals surface area contributed by atoms with E-state index >= 15 is 0 Å². The van der Waals surface area contributed by atoms with Crippen molar-refractivity contribution in [2.75, 3.05) is 13.1 Å². The molecular formula is C11H14F3NO2S2. The highest BCUT2D eigenvalue weighted by Gasteiger charge is 2.44. The van der Waals surface area contributed by atoms with Gasteiger partial charge in [0.1, 0.15) is 4.21 Å². The minimum atomic E-state index is -4.33. The Morgan fingerprint density at radius 2 is 2.05 bits per heavy atom. The molecule has 0 spiro atoms. The molecule has 0 amide bonds. The summed E-state index contributed by atoms with van der Waals surface area (Å²) in [6.45, 7) is 1.45. The van der Waals surface area contributed by atoms with Crippen molar-refractivity contribution in [1.82, 2.24) is 4.31 Å². The van der Waals surface area contributed by atoms with E-state index in [0.717, 1.165) is 20.5 Å². The quantitative estimate of drug-likeness (QED) is 0.841. The van der Waals surface area contributed by atoms with Gasteiger partial charge in [-0.3, -0.25) is 0 Å². The smallest absolute Gasteiger partial charge is 0.206 e. The SMILES string of the molecule is Cc1ccc(S(=O)(=O)N2CCC[C@H](C(F)(F)F)C2)s1. The summed E-state index contributed by atoms with van der Waals surface area (Å²) in [7, 11) is -3.78. The van der Waals surface area contributed by atoms with E-state index in [9.17, 15) is 21.6 Å². The normalized spacial score (nSPS) is 22.6. The highest BCUT2D eigenvalue weighted by atomic mass is 32.2. The first-order valence-corrected chi connectivity index (χ1v) is 8.10. The largest absolute Gasteiger partial charge is 0.393 e. The van der Waals surface area contributed by atoms with Gasteiger partial charge in [-0.25, -0.2) is 8.42 Å². The summed E-state index contributed by atoms with van der Waals surface area (Å²) >= 11 is 1.09. The fourth-order valence-corrected chi connectivity index (χ4v) is 5.07. The van der Waals surface area contributed by atoms with Gasteiger partial charge in [-0.15, -0.1) is 11.3 Å². The second-order valence-corrected chi connectivity index (χ2v) is 8.06. The molecule has 2 heterocycles. The average molecular weight is 313 g/mol. The second kappa shape index (κ2) is 5.06. The molecule has 19 heavy (non-hydrogen) atoms. The molecule has 2 rings (SSSR count). The highest BCUT2D eigenvalue weighted by Crippen LogP contribution is 2.35. The minimum absolute atomic E-state index is 0.00100. The van der Waals surface area contributed by atoms with Gasteiger partial charge < -0.3 is 0 Å². The molecule has 0 aliphatic carbocycles. The zero-order chi connectivity index (χ0) is 14.3. The Labute approximate surface area is 114 Å². The van der Waals surface area contributed by atoms with Crippen LogP contribution in [-0.2, 0) is 10.0 Å². The van der Waals surface area contributed by atoms with Gasteiger partial charge in [0.15, 0.2) is 0 Å². The molecule has 1 aliphatic heterocycles. The molecule has 1 saturated heterocycles. The Hall–Kier alpha value is -0.600. The molecular weight excluding hydrogens is 299 g/mol. The maximum Gasteiger partial charge on any atom is 0.393 e. The molecule has 0 saturated carbocycles. The number of piperidine rings is 1. The molecule has 1 aromatic rings. The first kappa shape index (κ1) is 14.8. The standard InChI is InChI=1S/C11H14F3NO2S2/c1-8-4-5-10(18-8)19(16,17)15-6-2-3-9(7-15)11(12,13)14/h4-5,9H,2-3,6-7H2,1H3/t9-/m0/s1. The summed E-state index contributed by atoms with van der Waals surface area (Å²) in [4.78, 5) is 0.822. The molecule has 3 nitrogen and oxygen atoms in total. The summed E-state index contributed by atoms with van der Waals surface area (Å²) in [6.07, 6.45) is -4.09. The topological polar surface area (TPSA) is 37.4 Å². The number of rotatable bonds is 2. The molecule has 108 valence electrons. The molecule has 1 aliphatic rings. The van der Waals surface area contributed by atoms with Crippen LogP contribution in [0.4, 0.5) is 13.2 Å². The van der Waals surface area contributed by atoms with Crippen molar-refractivity contribution in [2.45, 2.75) is 30.2 Å². The number of hydrogen-bond donors (Lipinski definition) is 0. The summed E-state index contributed by atoms with van der Waals surface area (Å²) in [5, 5.41) is 0. The van der Waals surface area contributed by atoms with Crippen molar-refractivity contribution in [2.24, 2.45) is 5.92 Å². The van der Waals surface area contributed by atoms with Crippen LogP contribution in [0.3, 0.4) is 0 Å². The lowest BCUT2D eigenvalue weighted by atomic mass is 9.99. The Morgan fingerprint density at radius 1 is 1.37 bits per heavy atom. The van der Waals surface area contributed by atoms with Crippen molar-refractivity contribution in [3.8, 4) is 0 Å². The van der Waals surface area contributed by atoms with Crippen LogP contribution >= 0.6 is 11.3 Å². The number of aryl methyl sites for hydroxylation is 1. The Balaban J connectivity index is 2.22. The zero-order valence-corrected chi connectivity index (χ0v) is 11.9. The van der Waals surface area contributed by atoms with Gasteiger partial charge in [0.2, 0.25) is 0 Å². The summed E-state index contributed by atoms with van der Waals surface area (Å²) in [5.74, 6) is -1.56. The lowest BCUT2D eigenvalue weighted by Crippen LogP contribution is -2.44. The lowest BCUT2D eigenvalue weighted by Gasteiger charge is -2.32. The van der Waals surface area contributed by atoms with E-state index in [2.05, 4.69) is 0 Å². The summed E-state index contributed by atoms with van der Waals surface area (Å²) < 4.78 is 63.6. The van der Waals surface area contributed by atoms with E-state index in [1.807, 2.05) is 0 Å². The highest BCUT2D eigenvalue weighted by molar-refractivity contribution is 7.91. The number of sulfonamides is 1. The maximum atomic E-state index is 12.7. The van der Waals surface area contributed by atoms with Crippen LogP contribution in [0.25, 0.3) is 0 Å². The number of alkyl halides is 3. The van der Waals surface area contributed by atoms with E-state index in [0.29, 0.717) is 0 Å². The van der Waals surface area contributed by atoms with Gasteiger partial charge in [0.25, 0.3) is 10.0 Å². The molecule has 1 aromatic heterocycles. The van der Waals surface area contributed by atoms with Gasteiger partial charge in [0.05, 0.1) is 5.92 Å². The molecule has 0 N–H and O–H groups in total. The van der Waals surface area contributed by atoms with E-state index in [-0.39, 0.29) is 23.6 Å². The summed E-state index contributed by atoms with van der Waals surface area (Å²) in [5.41, 5.74) is 0. The van der Waals surface area contributed by atoms with Crippen LogP contribution < -0.4 is 0 Å². The predicted molar refractivity (Wildman–Crippen MR) is 66.6 cm³/mol. The van der Waals surface area contributed by atoms with Gasteiger partial charge in [-0.1, -0.05) is 0 Å². The molecule has 1 fully saturated rings. The van der Waals surface area contributed by atoms with Gasteiger partial charge >= 0.3 is 6.18 Å². The Bertz CT molecular complexity index is 551. The fourth-order valence-electron chi connectivity index (χ4n) is 2.11. The van der Waals surface area contributed by atoms with Gasteiger partial charge in [-0.2, -0.15) is 17.5 Å². The first-order chi connectivity index (χ1) is 8.71. The van der Waals surface area contributed by atoms with Gasteiger partial charge in [0, 0.05) is 18.0 Å². The third kappa shape index (κ3) is 3.11. The second-order valence-electron chi connectivity index (χ2n) is 4.61. The van der Waals surface area contributed by atoms with Crippen LogP contribution in [0.2, 0.25) is 0 Å². The van der Waals surface area contributed by atoms with Crippen LogP contribution in [0.5, 0.6) is 0 Å². The van der Waals surface area contributed by atoms with Gasteiger partial charge in [-0.05, 0) is 31.9 Å². The Kier molecular flexibility index (Phi) is 3.95. The van der Waals surface area contributed by atoms with E-state index < -0.39 is 28.7 Å². The number of halogens is 3. The molecule has 8 heteroatoms. The van der Waals surface area contributed by atoms with E-state index in [1.54, 1.807) is 13.0 Å². The van der Waals surface area contributed by atoms with Crippen LogP contribution in [0, 0.1) is 12.8 Å². The van der Waals surface area contributed by atoms with Crippen LogP contribution in [-0.4, -0.2) is 32.0 Å². The lowest BCUT2D eigenvalue weighted by molar-refractivity contribution is -0.182. The molecule has 0 bridgehead atoms. The molecule has 1 atom stereocenters. The van der Waals surface area contributed by atoms with Crippen molar-refractivity contribution in [3.63, 3.8) is 0 Å². The molecule has 0 radical (unpaired) electrons. The van der Waals surface area contributed by atoms with Crippen LogP contribution in [0.1, 0.15) is 17.7 Å².